The molecule has 1 aromatic carbocycles. The lowest BCUT2D eigenvalue weighted by atomic mass is 9.90. The van der Waals surface area contributed by atoms with Gasteiger partial charge in [0.15, 0.2) is 0 Å². The summed E-state index contributed by atoms with van der Waals surface area (Å²) in [6.45, 7) is 2.83. The van der Waals surface area contributed by atoms with Crippen LogP contribution in [0.2, 0.25) is 0 Å². The van der Waals surface area contributed by atoms with E-state index < -0.39 is 0 Å². The minimum absolute atomic E-state index is 0.00357. The summed E-state index contributed by atoms with van der Waals surface area (Å²) < 4.78 is 7.05. The van der Waals surface area contributed by atoms with Gasteiger partial charge < -0.3 is 10.5 Å². The van der Waals surface area contributed by atoms with Crippen molar-refractivity contribution < 1.29 is 4.74 Å². The van der Waals surface area contributed by atoms with Gasteiger partial charge in [-0.25, -0.2) is 0 Å². The SMILES string of the molecule is C[C@H](N)c1cc(Br)ccc1OCC1CCCCC1. The first-order valence-electron chi connectivity index (χ1n) is 6.84. The van der Waals surface area contributed by atoms with Crippen molar-refractivity contribution in [3.8, 4) is 5.75 Å². The highest BCUT2D eigenvalue weighted by Crippen LogP contribution is 2.29. The van der Waals surface area contributed by atoms with Crippen molar-refractivity contribution in [2.75, 3.05) is 6.61 Å². The van der Waals surface area contributed by atoms with Crippen LogP contribution in [0, 0.1) is 5.92 Å². The zero-order valence-corrected chi connectivity index (χ0v) is 12.6. The molecular weight excluding hydrogens is 290 g/mol. The van der Waals surface area contributed by atoms with Crippen molar-refractivity contribution in [3.63, 3.8) is 0 Å². The van der Waals surface area contributed by atoms with Gasteiger partial charge in [0.05, 0.1) is 6.61 Å². The number of nitrogens with two attached hydrogens (primary N) is 1. The lowest BCUT2D eigenvalue weighted by molar-refractivity contribution is 0.207. The average Bonchev–Trinajstić information content (AvgIpc) is 2.38. The maximum atomic E-state index is 5.99. The van der Waals surface area contributed by atoms with Crippen molar-refractivity contribution in [1.29, 1.82) is 0 Å². The van der Waals surface area contributed by atoms with E-state index >= 15 is 0 Å². The molecule has 18 heavy (non-hydrogen) atoms. The van der Waals surface area contributed by atoms with Crippen LogP contribution in [0.25, 0.3) is 0 Å². The first kappa shape index (κ1) is 13.9. The molecule has 1 aliphatic carbocycles. The van der Waals surface area contributed by atoms with Crippen LogP contribution in [0.5, 0.6) is 5.75 Å². The van der Waals surface area contributed by atoms with E-state index in [1.54, 1.807) is 0 Å². The molecule has 1 aliphatic rings. The molecular formula is C15H22BrNO. The Hall–Kier alpha value is -0.540. The minimum atomic E-state index is 0.00357. The van der Waals surface area contributed by atoms with E-state index in [1.807, 2.05) is 19.1 Å². The molecule has 0 heterocycles. The van der Waals surface area contributed by atoms with Crippen LogP contribution in [0.4, 0.5) is 0 Å². The molecule has 0 bridgehead atoms. The summed E-state index contributed by atoms with van der Waals surface area (Å²) in [6, 6.07) is 6.10. The molecule has 0 amide bonds. The van der Waals surface area contributed by atoms with Crippen LogP contribution in [-0.2, 0) is 0 Å². The molecule has 3 heteroatoms. The van der Waals surface area contributed by atoms with Crippen molar-refractivity contribution in [2.45, 2.75) is 45.1 Å². The Morgan fingerprint density at radius 3 is 2.72 bits per heavy atom. The van der Waals surface area contributed by atoms with E-state index in [1.165, 1.54) is 32.1 Å². The largest absolute Gasteiger partial charge is 0.493 e. The van der Waals surface area contributed by atoms with Gasteiger partial charge in [0, 0.05) is 16.1 Å². The first-order chi connectivity index (χ1) is 8.66. The van der Waals surface area contributed by atoms with E-state index in [9.17, 15) is 0 Å². The van der Waals surface area contributed by atoms with Crippen LogP contribution in [0.3, 0.4) is 0 Å². The second kappa shape index (κ2) is 6.58. The maximum Gasteiger partial charge on any atom is 0.124 e. The minimum Gasteiger partial charge on any atom is -0.493 e. The van der Waals surface area contributed by atoms with E-state index in [4.69, 9.17) is 10.5 Å². The Bertz CT molecular complexity index is 386. The maximum absolute atomic E-state index is 5.99. The number of rotatable bonds is 4. The van der Waals surface area contributed by atoms with Gasteiger partial charge in [0.2, 0.25) is 0 Å². The van der Waals surface area contributed by atoms with Gasteiger partial charge >= 0.3 is 0 Å². The average molecular weight is 312 g/mol. The third kappa shape index (κ3) is 3.72. The normalized spacial score (nSPS) is 18.6. The molecule has 100 valence electrons. The summed E-state index contributed by atoms with van der Waals surface area (Å²) in [7, 11) is 0. The van der Waals surface area contributed by atoms with Crippen molar-refractivity contribution in [1.82, 2.24) is 0 Å². The number of hydrogen-bond acceptors (Lipinski definition) is 2. The molecule has 0 saturated heterocycles. The topological polar surface area (TPSA) is 35.2 Å². The molecule has 1 saturated carbocycles. The predicted octanol–water partition coefficient (Wildman–Crippen LogP) is 4.43. The van der Waals surface area contributed by atoms with Crippen LogP contribution in [0.15, 0.2) is 22.7 Å². The molecule has 1 fully saturated rings. The van der Waals surface area contributed by atoms with Gasteiger partial charge in [-0.1, -0.05) is 35.2 Å². The molecule has 1 atom stereocenters. The summed E-state index contributed by atoms with van der Waals surface area (Å²) in [6.07, 6.45) is 6.72. The summed E-state index contributed by atoms with van der Waals surface area (Å²) in [5, 5.41) is 0. The summed E-state index contributed by atoms with van der Waals surface area (Å²) >= 11 is 3.48. The number of hydrogen-bond donors (Lipinski definition) is 1. The van der Waals surface area contributed by atoms with Crippen LogP contribution < -0.4 is 10.5 Å². The first-order valence-corrected chi connectivity index (χ1v) is 7.64. The van der Waals surface area contributed by atoms with Crippen molar-refractivity contribution in [2.24, 2.45) is 11.7 Å². The van der Waals surface area contributed by atoms with Gasteiger partial charge in [0.25, 0.3) is 0 Å². The zero-order valence-electron chi connectivity index (χ0n) is 11.0. The molecule has 0 aliphatic heterocycles. The Morgan fingerprint density at radius 1 is 1.33 bits per heavy atom. The highest BCUT2D eigenvalue weighted by Gasteiger charge is 2.15. The molecule has 0 aromatic heterocycles. The Labute approximate surface area is 118 Å². The quantitative estimate of drug-likeness (QED) is 0.893. The number of halogens is 1. The molecule has 2 rings (SSSR count). The zero-order chi connectivity index (χ0) is 13.0. The standard InChI is InChI=1S/C15H22BrNO/c1-11(17)14-9-13(16)7-8-15(14)18-10-12-5-3-2-4-6-12/h7-9,11-12H,2-6,10,17H2,1H3/t11-/m0/s1. The lowest BCUT2D eigenvalue weighted by Crippen LogP contribution is -2.16. The van der Waals surface area contributed by atoms with Crippen LogP contribution in [0.1, 0.15) is 50.6 Å². The Balaban J connectivity index is 1.99. The van der Waals surface area contributed by atoms with E-state index in [0.717, 1.165) is 28.3 Å². The summed E-state index contributed by atoms with van der Waals surface area (Å²) in [5.74, 6) is 1.67. The predicted molar refractivity (Wildman–Crippen MR) is 78.8 cm³/mol. The van der Waals surface area contributed by atoms with Crippen molar-refractivity contribution >= 4 is 15.9 Å². The number of ether oxygens (including phenoxy) is 1. The van der Waals surface area contributed by atoms with Crippen LogP contribution >= 0.6 is 15.9 Å². The second-order valence-corrected chi connectivity index (χ2v) is 6.20. The van der Waals surface area contributed by atoms with Gasteiger partial charge in [-0.2, -0.15) is 0 Å². The molecule has 2 nitrogen and oxygen atoms in total. The van der Waals surface area contributed by atoms with Gasteiger partial charge in [-0.05, 0) is 43.9 Å². The number of benzene rings is 1. The van der Waals surface area contributed by atoms with E-state index in [-0.39, 0.29) is 6.04 Å². The monoisotopic (exact) mass is 311 g/mol. The highest BCUT2D eigenvalue weighted by molar-refractivity contribution is 9.10. The summed E-state index contributed by atoms with van der Waals surface area (Å²) in [5.41, 5.74) is 7.07. The van der Waals surface area contributed by atoms with E-state index in [0.29, 0.717) is 0 Å². The van der Waals surface area contributed by atoms with Gasteiger partial charge in [-0.3, -0.25) is 0 Å². The third-order valence-electron chi connectivity index (χ3n) is 3.66. The van der Waals surface area contributed by atoms with E-state index in [2.05, 4.69) is 22.0 Å². The Kier molecular flexibility index (Phi) is 5.07. The fraction of sp³-hybridized carbons (Fsp3) is 0.600. The fourth-order valence-electron chi connectivity index (χ4n) is 2.57. The molecule has 1 aromatic rings. The van der Waals surface area contributed by atoms with Crippen molar-refractivity contribution in [3.05, 3.63) is 28.2 Å². The second-order valence-electron chi connectivity index (χ2n) is 5.29. The van der Waals surface area contributed by atoms with Crippen LogP contribution in [-0.4, -0.2) is 6.61 Å². The fourth-order valence-corrected chi connectivity index (χ4v) is 2.95. The Morgan fingerprint density at radius 2 is 2.06 bits per heavy atom. The molecule has 2 N–H and O–H groups in total. The van der Waals surface area contributed by atoms with Gasteiger partial charge in [-0.15, -0.1) is 0 Å². The molecule has 0 unspecified atom stereocenters. The third-order valence-corrected chi connectivity index (χ3v) is 4.15. The van der Waals surface area contributed by atoms with Gasteiger partial charge in [0.1, 0.15) is 5.75 Å². The molecule has 0 spiro atoms. The highest BCUT2D eigenvalue weighted by atomic mass is 79.9. The lowest BCUT2D eigenvalue weighted by Gasteiger charge is -2.23. The molecule has 0 radical (unpaired) electrons. The summed E-state index contributed by atoms with van der Waals surface area (Å²) in [4.78, 5) is 0. The smallest absolute Gasteiger partial charge is 0.124 e.